The summed E-state index contributed by atoms with van der Waals surface area (Å²) in [6, 6.07) is 37.6. The topological polar surface area (TPSA) is 416 Å². The van der Waals surface area contributed by atoms with Gasteiger partial charge in [-0.3, -0.25) is 24.1 Å². The normalized spacial score (nSPS) is 33.3. The largest absolute Gasteiger partial charge is 0.497 e. The zero-order valence-corrected chi connectivity index (χ0v) is 76.3. The number of ketones is 2. The summed E-state index contributed by atoms with van der Waals surface area (Å²) in [5.41, 5.74) is -13.2. The molecule has 696 valence electrons. The minimum atomic E-state index is -2.25. The van der Waals surface area contributed by atoms with Crippen LogP contribution in [0.2, 0.25) is 0 Å². The Morgan fingerprint density at radius 3 is 1.33 bits per heavy atom. The van der Waals surface area contributed by atoms with Crippen LogP contribution in [0.15, 0.2) is 168 Å². The van der Waals surface area contributed by atoms with E-state index < -0.39 is 244 Å². The number of aliphatic hydroxyl groups is 5. The van der Waals surface area contributed by atoms with E-state index in [1.165, 1.54) is 52.2 Å². The van der Waals surface area contributed by atoms with Gasteiger partial charge >= 0.3 is 48.0 Å². The van der Waals surface area contributed by atoms with Crippen LogP contribution in [-0.4, -0.2) is 232 Å². The zero-order valence-electron chi connectivity index (χ0n) is 76.3. The van der Waals surface area contributed by atoms with Gasteiger partial charge in [0.2, 0.25) is 0 Å². The quantitative estimate of drug-likeness (QED) is 0.0239. The molecule has 0 aromatic heterocycles. The maximum absolute atomic E-state index is 15.8. The summed E-state index contributed by atoms with van der Waals surface area (Å²) in [7, 11) is 4.38. The average molecular weight is 1790 g/mol. The van der Waals surface area contributed by atoms with Gasteiger partial charge in [0.1, 0.15) is 70.8 Å². The molecule has 3 saturated heterocycles. The molecular weight excluding hydrogens is 1670 g/mol. The van der Waals surface area contributed by atoms with Crippen molar-refractivity contribution in [3.8, 4) is 5.75 Å². The highest BCUT2D eigenvalue weighted by molar-refractivity contribution is 5.95. The molecule has 0 radical (unpaired) electrons. The molecule has 6 aliphatic carbocycles. The number of carbonyl (C=O) groups is 10. The van der Waals surface area contributed by atoms with Crippen LogP contribution in [0.4, 0.5) is 9.59 Å². The molecule has 6 N–H and O–H groups in total. The van der Waals surface area contributed by atoms with Gasteiger partial charge < -0.3 is 97.2 Å². The third-order valence-corrected chi connectivity index (χ3v) is 28.4. The van der Waals surface area contributed by atoms with Crippen molar-refractivity contribution in [2.24, 2.45) is 45.3 Å². The van der Waals surface area contributed by atoms with E-state index in [4.69, 9.17) is 66.3 Å². The van der Waals surface area contributed by atoms with Crippen LogP contribution in [-0.2, 0) is 90.3 Å². The first-order valence-corrected chi connectivity index (χ1v) is 43.5. The Balaban J connectivity index is 0.000000222. The van der Waals surface area contributed by atoms with Gasteiger partial charge in [-0.1, -0.05) is 137 Å². The van der Waals surface area contributed by atoms with Crippen LogP contribution in [0, 0.1) is 45.3 Å². The molecule has 7 fully saturated rings. The minimum absolute atomic E-state index is 0.0951. The van der Waals surface area contributed by atoms with E-state index in [1.54, 1.807) is 230 Å². The molecule has 31 nitrogen and oxygen atoms in total. The van der Waals surface area contributed by atoms with Crippen molar-refractivity contribution in [1.82, 2.24) is 10.2 Å². The van der Waals surface area contributed by atoms with Crippen LogP contribution in [0.3, 0.4) is 0 Å². The fraction of sp³-hybridized carbons (Fsp3) is 0.551. The number of alkyl carbamates (subject to hydrolysis) is 1. The van der Waals surface area contributed by atoms with E-state index in [9.17, 15) is 59.1 Å². The Morgan fingerprint density at radius 2 is 0.953 bits per heavy atom. The molecule has 14 rings (SSSR count). The summed E-state index contributed by atoms with van der Waals surface area (Å²) in [6.07, 6.45) is -16.7. The molecule has 3 aliphatic heterocycles. The molecule has 5 aromatic carbocycles. The third kappa shape index (κ3) is 16.9. The van der Waals surface area contributed by atoms with E-state index in [0.29, 0.717) is 33.6 Å². The monoisotopic (exact) mass is 1790 g/mol. The second-order valence-electron chi connectivity index (χ2n) is 38.7. The van der Waals surface area contributed by atoms with Gasteiger partial charge in [0.05, 0.1) is 97.4 Å². The van der Waals surface area contributed by atoms with Gasteiger partial charge in [-0.15, -0.1) is 0 Å². The van der Waals surface area contributed by atoms with Crippen molar-refractivity contribution in [2.75, 3.05) is 47.8 Å². The summed E-state index contributed by atoms with van der Waals surface area (Å²) < 4.78 is 85.7. The second kappa shape index (κ2) is 36.1. The lowest BCUT2D eigenvalue weighted by atomic mass is 9.43. The van der Waals surface area contributed by atoms with E-state index >= 15 is 14.4 Å². The number of methoxy groups -OCH3 is 3. The third-order valence-electron chi connectivity index (χ3n) is 28.4. The molecular formula is C98H120N2O29. The van der Waals surface area contributed by atoms with Gasteiger partial charge in [0, 0.05) is 70.1 Å². The molecule has 4 bridgehead atoms. The van der Waals surface area contributed by atoms with Gasteiger partial charge in [-0.2, -0.15) is 0 Å². The molecule has 9 aliphatic rings. The average Bonchev–Trinajstić information content (AvgIpc) is 0.962. The summed E-state index contributed by atoms with van der Waals surface area (Å²) in [5.74, 6) is -11.1. The summed E-state index contributed by atoms with van der Waals surface area (Å²) in [5, 5.41) is 64.6. The van der Waals surface area contributed by atoms with E-state index in [-0.39, 0.29) is 48.3 Å². The number of rotatable bonds is 20. The highest BCUT2D eigenvalue weighted by Crippen LogP contribution is 2.68. The zero-order chi connectivity index (χ0) is 94.2. The molecule has 129 heavy (non-hydrogen) atoms. The number of hydrogen-bond acceptors (Lipinski definition) is 29. The fourth-order valence-electron chi connectivity index (χ4n) is 22.3. The van der Waals surface area contributed by atoms with Crippen LogP contribution >= 0.6 is 0 Å². The van der Waals surface area contributed by atoms with Crippen LogP contribution < -0.4 is 10.1 Å². The number of nitrogens with one attached hydrogen (secondary N) is 1. The molecule has 0 spiro atoms. The lowest BCUT2D eigenvalue weighted by Crippen LogP contribution is -2.81. The van der Waals surface area contributed by atoms with Crippen molar-refractivity contribution in [1.29, 1.82) is 0 Å². The van der Waals surface area contributed by atoms with Crippen molar-refractivity contribution >= 4 is 59.6 Å². The molecule has 2 amide bonds. The van der Waals surface area contributed by atoms with E-state index in [1.807, 2.05) is 0 Å². The van der Waals surface area contributed by atoms with Gasteiger partial charge in [-0.25, -0.2) is 28.8 Å². The molecule has 5 aromatic rings. The molecule has 3 heterocycles. The number of esters is 6. The van der Waals surface area contributed by atoms with E-state index in [2.05, 4.69) is 5.32 Å². The van der Waals surface area contributed by atoms with Crippen LogP contribution in [0.1, 0.15) is 192 Å². The van der Waals surface area contributed by atoms with Crippen molar-refractivity contribution < 1.29 is 140 Å². The van der Waals surface area contributed by atoms with E-state index in [0.717, 1.165) is 0 Å². The number of aliphatic hydroxyl groups excluding tert-OH is 3. The lowest BCUT2D eigenvalue weighted by Gasteiger charge is -2.68. The Morgan fingerprint density at radius 1 is 0.543 bits per heavy atom. The number of ether oxygens (including phenoxy) is 14. The predicted octanol–water partition coefficient (Wildman–Crippen LogP) is 10.8. The second-order valence-corrected chi connectivity index (χ2v) is 38.7. The number of Topliss-reactive ketones (excluding diaryl/α,β-unsaturated/α-hetero) is 2. The number of amides is 2. The van der Waals surface area contributed by atoms with Gasteiger partial charge in [0.25, 0.3) is 0 Å². The summed E-state index contributed by atoms with van der Waals surface area (Å²) in [6.45, 7) is 24.0. The smallest absolute Gasteiger partial charge is 0.413 e. The first-order valence-electron chi connectivity index (χ1n) is 43.5. The first kappa shape index (κ1) is 96.2. The van der Waals surface area contributed by atoms with Crippen molar-refractivity contribution in [3.63, 3.8) is 0 Å². The van der Waals surface area contributed by atoms with Gasteiger partial charge in [-0.05, 0) is 139 Å². The molecule has 4 saturated carbocycles. The van der Waals surface area contributed by atoms with Crippen LogP contribution in [0.5, 0.6) is 5.75 Å². The van der Waals surface area contributed by atoms with Crippen LogP contribution in [0.25, 0.3) is 0 Å². The maximum atomic E-state index is 15.8. The minimum Gasteiger partial charge on any atom is -0.497 e. The predicted molar refractivity (Wildman–Crippen MR) is 459 cm³/mol. The Labute approximate surface area is 750 Å². The standard InChI is InChI=1S/C53H63NO15.C45H57NO14/c1-29-36(65-47(59)41-40(31-17-13-11-14-18-31)54(48(60)69-49(3,4)5)45(66-41)32-21-23-34(62-9)24-22-32)26-53(61)44(67-46(58)33-19-15-12-16-20-33)42-51(8,43(57)35(27-55)39(29)50(53,6)7)37(63-10)25-38-52(42,28-64-38)68-30(2)56;1-24-29(57-39(52)34(49)33(26-16-12-10-13-17-26)46-40(53)60-41(3,4)5)21-45(54)37(58-38(51)27-18-14-11-15-19-27)35-43(8,36(50)28(22-47)32(24)42(45,6)7)30(55-9)20-31-44(35,23-56-31)59-25(2)48/h11-24,35-38,40-42,44-45,55,61H,25-28H2,1-10H3;10-19,28-31,33-35,37,47,49,54H,20-23H2,1-9H3,(H,46,53)/t35-,36+,37+,38-,40?,41?,42+,44+,45?,51-,52+,53-;28-,29+,30+,31-,33+,34-,35+,37+,43-,44+,45-/m11/s1. The Bertz CT molecular complexity index is 5130. The molecule has 31 heteroatoms. The first-order chi connectivity index (χ1) is 60.6. The number of nitrogens with zero attached hydrogens (tertiary/aromatic N) is 1. The number of benzene rings is 5. The number of carbonyl (C=O) groups excluding carboxylic acids is 10. The molecule has 23 atom stereocenters. The Kier molecular flexibility index (Phi) is 26.9. The van der Waals surface area contributed by atoms with Crippen molar-refractivity contribution in [2.45, 2.75) is 249 Å². The Hall–Kier alpha value is -10.3. The summed E-state index contributed by atoms with van der Waals surface area (Å²) in [4.78, 5) is 145. The summed E-state index contributed by atoms with van der Waals surface area (Å²) >= 11 is 0. The van der Waals surface area contributed by atoms with Gasteiger partial charge in [0.15, 0.2) is 41.2 Å². The number of fused-ring (bicyclic) bond motifs is 10. The highest BCUT2D eigenvalue weighted by atomic mass is 16.7. The SMILES string of the molecule is CO[C@H]1C[C@H]2OC[C@@]2(OC(C)=O)[C@H]2[C@H](OC(=O)c3ccccc3)[C@]3(O)C[C@H](OC(=O)[C@H](O)[C@@H](NC(=O)OC(C)(C)C)c4ccccc4)C(C)=C([C@@H](CO)C(=O)[C@]12C)C3(C)C.COc1ccc(C2OC(C(=O)O[C@H]3C[C@@]4(O)[C@@H](OC(=O)c5ccccc5)[C@@H]5[C@]6(OC(C)=O)CO[C@@H]6C[C@H](OC)[C@@]5(C)C(=O)[C@H](CO)C(=C3C)C4(C)C)C(c3ccccc3)N2C(=O)OC(C)(C)C)cc1. The number of hydrogen-bond donors (Lipinski definition) is 6. The highest BCUT2D eigenvalue weighted by Gasteiger charge is 2.81. The fourth-order valence-corrected chi connectivity index (χ4v) is 22.3. The lowest BCUT2D eigenvalue weighted by molar-refractivity contribution is -0.347. The maximum Gasteiger partial charge on any atom is 0.413 e. The molecule has 3 unspecified atom stereocenters. The van der Waals surface area contributed by atoms with Crippen molar-refractivity contribution in [3.05, 3.63) is 196 Å².